The summed E-state index contributed by atoms with van der Waals surface area (Å²) < 4.78 is 5.35. The molecule has 3 aromatic carbocycles. The van der Waals surface area contributed by atoms with Gasteiger partial charge in [0.15, 0.2) is 0 Å². The highest BCUT2D eigenvalue weighted by atomic mass is 16.5. The Kier molecular flexibility index (Phi) is 7.22. The Hall–Kier alpha value is -3.60. The van der Waals surface area contributed by atoms with Gasteiger partial charge in [0, 0.05) is 18.5 Å². The first-order valence-electron chi connectivity index (χ1n) is 9.88. The summed E-state index contributed by atoms with van der Waals surface area (Å²) in [5, 5.41) is 5.81. The molecule has 2 amide bonds. The highest BCUT2D eigenvalue weighted by Crippen LogP contribution is 2.18. The van der Waals surface area contributed by atoms with E-state index in [-0.39, 0.29) is 11.8 Å². The van der Waals surface area contributed by atoms with Crippen LogP contribution in [-0.2, 0) is 17.8 Å². The van der Waals surface area contributed by atoms with E-state index in [9.17, 15) is 9.59 Å². The summed E-state index contributed by atoms with van der Waals surface area (Å²) in [6.45, 7) is 2.32. The van der Waals surface area contributed by atoms with Gasteiger partial charge in [0.2, 0.25) is 5.91 Å². The first-order chi connectivity index (χ1) is 14.6. The molecule has 1 unspecified atom stereocenters. The predicted molar refractivity (Wildman–Crippen MR) is 117 cm³/mol. The summed E-state index contributed by atoms with van der Waals surface area (Å²) in [6, 6.07) is 23.7. The third-order valence-corrected chi connectivity index (χ3v) is 4.88. The van der Waals surface area contributed by atoms with Gasteiger partial charge in [-0.1, -0.05) is 60.7 Å². The summed E-state index contributed by atoms with van der Waals surface area (Å²) in [7, 11) is 1.62. The number of methoxy groups -OCH3 is 1. The Labute approximate surface area is 177 Å². The molecule has 0 radical (unpaired) electrons. The molecule has 5 nitrogen and oxygen atoms in total. The maximum absolute atomic E-state index is 13.0. The molecule has 2 N–H and O–H groups in total. The van der Waals surface area contributed by atoms with Gasteiger partial charge in [0.25, 0.3) is 5.91 Å². The molecule has 30 heavy (non-hydrogen) atoms. The molecule has 0 aromatic heterocycles. The number of hydrogen-bond acceptors (Lipinski definition) is 3. The quantitative estimate of drug-likeness (QED) is 0.604. The van der Waals surface area contributed by atoms with Crippen molar-refractivity contribution in [2.75, 3.05) is 7.11 Å². The number of rotatable bonds is 8. The van der Waals surface area contributed by atoms with Crippen LogP contribution in [0.1, 0.15) is 27.0 Å². The van der Waals surface area contributed by atoms with E-state index in [1.165, 1.54) is 0 Å². The molecule has 3 aromatic rings. The van der Waals surface area contributed by atoms with Crippen LogP contribution in [0.5, 0.6) is 5.75 Å². The number of ether oxygens (including phenoxy) is 1. The largest absolute Gasteiger partial charge is 0.496 e. The molecular weight excluding hydrogens is 376 g/mol. The first-order valence-corrected chi connectivity index (χ1v) is 9.88. The molecule has 0 saturated carbocycles. The average molecular weight is 402 g/mol. The molecule has 1 atom stereocenters. The van der Waals surface area contributed by atoms with Gasteiger partial charge >= 0.3 is 0 Å². The number of carbonyl (C=O) groups is 2. The van der Waals surface area contributed by atoms with E-state index in [2.05, 4.69) is 10.6 Å². The molecule has 0 aliphatic rings. The van der Waals surface area contributed by atoms with Gasteiger partial charge in [-0.25, -0.2) is 0 Å². The number of benzene rings is 3. The van der Waals surface area contributed by atoms with Gasteiger partial charge in [-0.3, -0.25) is 9.59 Å². The fourth-order valence-electron chi connectivity index (χ4n) is 3.18. The zero-order valence-electron chi connectivity index (χ0n) is 17.2. The van der Waals surface area contributed by atoms with Crippen molar-refractivity contribution in [3.63, 3.8) is 0 Å². The predicted octanol–water partition coefficient (Wildman–Crippen LogP) is 3.66. The topological polar surface area (TPSA) is 67.4 Å². The Bertz CT molecular complexity index is 988. The SMILES string of the molecule is COc1cc(CNC(=O)C(Cc2ccccc2)NC(=O)c2ccccc2)ccc1C. The molecule has 0 fully saturated rings. The third-order valence-electron chi connectivity index (χ3n) is 4.88. The van der Waals surface area contributed by atoms with Crippen molar-refractivity contribution < 1.29 is 14.3 Å². The maximum Gasteiger partial charge on any atom is 0.251 e. The van der Waals surface area contributed by atoms with E-state index in [1.54, 1.807) is 31.4 Å². The van der Waals surface area contributed by atoms with Crippen LogP contribution in [-0.4, -0.2) is 25.0 Å². The molecule has 0 heterocycles. The maximum atomic E-state index is 13.0. The fraction of sp³-hybridized carbons (Fsp3) is 0.200. The van der Waals surface area contributed by atoms with E-state index in [4.69, 9.17) is 4.74 Å². The van der Waals surface area contributed by atoms with Gasteiger partial charge in [-0.15, -0.1) is 0 Å². The normalized spacial score (nSPS) is 11.4. The number of amides is 2. The monoisotopic (exact) mass is 402 g/mol. The van der Waals surface area contributed by atoms with Crippen molar-refractivity contribution in [1.29, 1.82) is 0 Å². The lowest BCUT2D eigenvalue weighted by Crippen LogP contribution is -2.47. The molecule has 0 spiro atoms. The van der Waals surface area contributed by atoms with E-state index >= 15 is 0 Å². The van der Waals surface area contributed by atoms with Crippen molar-refractivity contribution in [3.8, 4) is 5.75 Å². The van der Waals surface area contributed by atoms with Crippen LogP contribution < -0.4 is 15.4 Å². The van der Waals surface area contributed by atoms with Gasteiger partial charge in [-0.05, 0) is 41.8 Å². The van der Waals surface area contributed by atoms with Crippen LogP contribution in [0.25, 0.3) is 0 Å². The molecule has 5 heteroatoms. The van der Waals surface area contributed by atoms with Gasteiger partial charge in [-0.2, -0.15) is 0 Å². The first kappa shape index (κ1) is 21.1. The molecule has 3 rings (SSSR count). The minimum Gasteiger partial charge on any atom is -0.496 e. The standard InChI is InChI=1S/C25H26N2O3/c1-18-13-14-20(16-23(18)30-2)17-26-25(29)22(15-19-9-5-3-6-10-19)27-24(28)21-11-7-4-8-12-21/h3-14,16,22H,15,17H2,1-2H3,(H,26,29)(H,27,28). The highest BCUT2D eigenvalue weighted by molar-refractivity contribution is 5.97. The molecule has 154 valence electrons. The van der Waals surface area contributed by atoms with Gasteiger partial charge in [0.05, 0.1) is 7.11 Å². The van der Waals surface area contributed by atoms with E-state index in [0.717, 1.165) is 22.4 Å². The smallest absolute Gasteiger partial charge is 0.251 e. The third kappa shape index (κ3) is 5.70. The van der Waals surface area contributed by atoms with Crippen molar-refractivity contribution in [3.05, 3.63) is 101 Å². The second-order valence-electron chi connectivity index (χ2n) is 7.10. The van der Waals surface area contributed by atoms with Crippen LogP contribution >= 0.6 is 0 Å². The molecule has 0 aliphatic heterocycles. The Morgan fingerprint density at radius 3 is 2.23 bits per heavy atom. The zero-order valence-corrected chi connectivity index (χ0v) is 17.2. The number of nitrogens with one attached hydrogen (secondary N) is 2. The van der Waals surface area contributed by atoms with Crippen molar-refractivity contribution in [2.45, 2.75) is 25.9 Å². The summed E-state index contributed by atoms with van der Waals surface area (Å²) in [6.07, 6.45) is 0.405. The number of carbonyl (C=O) groups excluding carboxylic acids is 2. The second-order valence-corrected chi connectivity index (χ2v) is 7.10. The van der Waals surface area contributed by atoms with Crippen molar-refractivity contribution in [1.82, 2.24) is 10.6 Å². The number of aryl methyl sites for hydroxylation is 1. The van der Waals surface area contributed by atoms with Crippen LogP contribution in [0.15, 0.2) is 78.9 Å². The molecule has 0 saturated heterocycles. The zero-order chi connectivity index (χ0) is 21.3. The number of hydrogen-bond donors (Lipinski definition) is 2. The molecular formula is C25H26N2O3. The Morgan fingerprint density at radius 2 is 1.57 bits per heavy atom. The van der Waals surface area contributed by atoms with Crippen LogP contribution in [0.3, 0.4) is 0 Å². The van der Waals surface area contributed by atoms with Crippen LogP contribution in [0.4, 0.5) is 0 Å². The lowest BCUT2D eigenvalue weighted by Gasteiger charge is -2.19. The van der Waals surface area contributed by atoms with Gasteiger partial charge < -0.3 is 15.4 Å². The lowest BCUT2D eigenvalue weighted by molar-refractivity contribution is -0.123. The molecule has 0 aliphatic carbocycles. The minimum atomic E-state index is -0.688. The van der Waals surface area contributed by atoms with E-state index < -0.39 is 6.04 Å². The summed E-state index contributed by atoms with van der Waals surface area (Å²) >= 11 is 0. The van der Waals surface area contributed by atoms with Gasteiger partial charge in [0.1, 0.15) is 11.8 Å². The second kappa shape index (κ2) is 10.3. The van der Waals surface area contributed by atoms with E-state index in [0.29, 0.717) is 18.5 Å². The van der Waals surface area contributed by atoms with Crippen molar-refractivity contribution >= 4 is 11.8 Å². The summed E-state index contributed by atoms with van der Waals surface area (Å²) in [5.74, 6) is 0.270. The van der Waals surface area contributed by atoms with Crippen molar-refractivity contribution in [2.24, 2.45) is 0 Å². The summed E-state index contributed by atoms with van der Waals surface area (Å²) in [5.41, 5.74) is 3.46. The van der Waals surface area contributed by atoms with Crippen LogP contribution in [0.2, 0.25) is 0 Å². The minimum absolute atomic E-state index is 0.234. The lowest BCUT2D eigenvalue weighted by atomic mass is 10.0. The summed E-state index contributed by atoms with van der Waals surface area (Å²) in [4.78, 5) is 25.6. The highest BCUT2D eigenvalue weighted by Gasteiger charge is 2.22. The Balaban J connectivity index is 1.71. The van der Waals surface area contributed by atoms with E-state index in [1.807, 2.05) is 61.5 Å². The Morgan fingerprint density at radius 1 is 0.900 bits per heavy atom. The fourth-order valence-corrected chi connectivity index (χ4v) is 3.18. The molecule has 0 bridgehead atoms. The van der Waals surface area contributed by atoms with Crippen LogP contribution in [0, 0.1) is 6.92 Å². The average Bonchev–Trinajstić information content (AvgIpc) is 2.79.